The topological polar surface area (TPSA) is 57.6 Å². The minimum absolute atomic E-state index is 0.0806. The maximum absolute atomic E-state index is 13.4. The lowest BCUT2D eigenvalue weighted by atomic mass is 10.1. The van der Waals surface area contributed by atoms with Crippen LogP contribution in [-0.4, -0.2) is 33.4 Å². The van der Waals surface area contributed by atoms with E-state index in [4.69, 9.17) is 12.2 Å². The normalized spacial score (nSPS) is 15.0. The summed E-state index contributed by atoms with van der Waals surface area (Å²) in [4.78, 5) is 30.4. The van der Waals surface area contributed by atoms with Gasteiger partial charge in [-0.25, -0.2) is 0 Å². The van der Waals surface area contributed by atoms with Crippen molar-refractivity contribution in [2.45, 2.75) is 13.1 Å². The minimum atomic E-state index is -0.187. The van der Waals surface area contributed by atoms with Gasteiger partial charge in [0.2, 0.25) is 5.91 Å². The average Bonchev–Trinajstić information content (AvgIpc) is 3.54. The van der Waals surface area contributed by atoms with E-state index in [2.05, 4.69) is 21.2 Å². The first-order chi connectivity index (χ1) is 16.9. The standard InChI is InChI=1S/C26H21BrN4O2S2/c1-29-23(25(33)31(26(29)34)19-6-3-2-4-7-19)12-17-15-30(22-10-9-18(27)13-21(17)22)16-24(32)28-14-20-8-5-11-35-20/h2-13,15H,14,16H2,1H3,(H,28,32)/b23-12-. The molecule has 0 spiro atoms. The number of benzene rings is 2. The summed E-state index contributed by atoms with van der Waals surface area (Å²) in [5.41, 5.74) is 2.94. The second kappa shape index (κ2) is 9.77. The molecule has 0 radical (unpaired) electrons. The van der Waals surface area contributed by atoms with Crippen LogP contribution >= 0.6 is 39.5 Å². The smallest absolute Gasteiger partial charge is 0.281 e. The van der Waals surface area contributed by atoms with Crippen LogP contribution < -0.4 is 10.2 Å². The molecule has 1 aliphatic heterocycles. The van der Waals surface area contributed by atoms with Crippen molar-refractivity contribution in [3.05, 3.63) is 92.9 Å². The van der Waals surface area contributed by atoms with E-state index in [9.17, 15) is 9.59 Å². The first kappa shape index (κ1) is 23.5. The Morgan fingerprint density at radius 1 is 1.14 bits per heavy atom. The Hall–Kier alpha value is -3.27. The highest BCUT2D eigenvalue weighted by atomic mass is 79.9. The zero-order valence-corrected chi connectivity index (χ0v) is 22.0. The Labute approximate surface area is 220 Å². The monoisotopic (exact) mass is 564 g/mol. The maximum Gasteiger partial charge on any atom is 0.281 e. The number of carbonyl (C=O) groups excluding carboxylic acids is 2. The lowest BCUT2D eigenvalue weighted by Gasteiger charge is -2.16. The fraction of sp³-hybridized carbons (Fsp3) is 0.115. The summed E-state index contributed by atoms with van der Waals surface area (Å²) in [5.74, 6) is -0.267. The number of likely N-dealkylation sites (N-methyl/N-ethyl adjacent to an activating group) is 1. The van der Waals surface area contributed by atoms with Crippen LogP contribution in [0.25, 0.3) is 17.0 Å². The van der Waals surface area contributed by atoms with Gasteiger partial charge >= 0.3 is 0 Å². The number of hydrogen-bond donors (Lipinski definition) is 1. The van der Waals surface area contributed by atoms with Crippen LogP contribution in [0.3, 0.4) is 0 Å². The van der Waals surface area contributed by atoms with Crippen molar-refractivity contribution in [3.8, 4) is 0 Å². The number of halogens is 1. The zero-order chi connectivity index (χ0) is 24.5. The van der Waals surface area contributed by atoms with Gasteiger partial charge in [0.05, 0.1) is 12.2 Å². The van der Waals surface area contributed by atoms with E-state index >= 15 is 0 Å². The number of amides is 2. The predicted octanol–water partition coefficient (Wildman–Crippen LogP) is 5.39. The van der Waals surface area contributed by atoms with Crippen molar-refractivity contribution in [2.75, 3.05) is 11.9 Å². The van der Waals surface area contributed by atoms with Crippen LogP contribution in [0.4, 0.5) is 5.69 Å². The third-order valence-corrected chi connectivity index (χ3v) is 7.62. The molecule has 3 heterocycles. The SMILES string of the molecule is CN1C(=S)N(c2ccccc2)C(=O)/C1=C/c1cn(CC(=O)NCc2cccs2)c2ccc(Br)cc12. The van der Waals surface area contributed by atoms with Gasteiger partial charge in [0, 0.05) is 39.1 Å². The van der Waals surface area contributed by atoms with E-state index in [0.717, 1.165) is 31.5 Å². The first-order valence-corrected chi connectivity index (χ1v) is 13.0. The van der Waals surface area contributed by atoms with Gasteiger partial charge < -0.3 is 14.8 Å². The highest BCUT2D eigenvalue weighted by molar-refractivity contribution is 9.10. The lowest BCUT2D eigenvalue weighted by Crippen LogP contribution is -2.30. The first-order valence-electron chi connectivity index (χ1n) is 10.9. The Morgan fingerprint density at radius 3 is 2.69 bits per heavy atom. The molecule has 1 saturated heterocycles. The third-order valence-electron chi connectivity index (χ3n) is 5.80. The van der Waals surface area contributed by atoms with Gasteiger partial charge in [0.25, 0.3) is 5.91 Å². The molecule has 2 aromatic heterocycles. The number of fused-ring (bicyclic) bond motifs is 1. The lowest BCUT2D eigenvalue weighted by molar-refractivity contribution is -0.121. The molecule has 5 rings (SSSR count). The van der Waals surface area contributed by atoms with E-state index in [1.807, 2.05) is 82.9 Å². The van der Waals surface area contributed by atoms with Crippen molar-refractivity contribution in [2.24, 2.45) is 0 Å². The zero-order valence-electron chi connectivity index (χ0n) is 18.8. The molecule has 0 aliphatic carbocycles. The molecular weight excluding hydrogens is 544 g/mol. The van der Waals surface area contributed by atoms with Crippen molar-refractivity contribution in [1.82, 2.24) is 14.8 Å². The van der Waals surface area contributed by atoms with Crippen molar-refractivity contribution >= 4 is 79.1 Å². The number of carbonyl (C=O) groups is 2. The summed E-state index contributed by atoms with van der Waals surface area (Å²) in [7, 11) is 1.79. The van der Waals surface area contributed by atoms with Crippen LogP contribution in [-0.2, 0) is 22.7 Å². The third kappa shape index (κ3) is 4.67. The van der Waals surface area contributed by atoms with Crippen LogP contribution in [0.1, 0.15) is 10.4 Å². The number of thiophene rings is 1. The molecule has 4 aromatic rings. The van der Waals surface area contributed by atoms with Gasteiger partial charge in [0.1, 0.15) is 12.2 Å². The summed E-state index contributed by atoms with van der Waals surface area (Å²) in [6.07, 6.45) is 3.75. The minimum Gasteiger partial charge on any atom is -0.350 e. The van der Waals surface area contributed by atoms with Gasteiger partial charge in [0.15, 0.2) is 5.11 Å². The summed E-state index contributed by atoms with van der Waals surface area (Å²) >= 11 is 10.7. The Bertz CT molecular complexity index is 1460. The van der Waals surface area contributed by atoms with Gasteiger partial charge in [-0.2, -0.15) is 0 Å². The Kier molecular flexibility index (Phi) is 6.55. The van der Waals surface area contributed by atoms with Crippen molar-refractivity contribution < 1.29 is 9.59 Å². The fourth-order valence-corrected chi connectivity index (χ4v) is 5.35. The van der Waals surface area contributed by atoms with E-state index in [1.165, 1.54) is 4.90 Å². The van der Waals surface area contributed by atoms with Crippen LogP contribution in [0.15, 0.2) is 82.4 Å². The van der Waals surface area contributed by atoms with Crippen LogP contribution in [0.5, 0.6) is 0 Å². The molecule has 0 atom stereocenters. The number of hydrogen-bond acceptors (Lipinski definition) is 4. The Morgan fingerprint density at radius 2 is 1.94 bits per heavy atom. The molecule has 0 bridgehead atoms. The molecule has 1 fully saturated rings. The van der Waals surface area contributed by atoms with E-state index in [-0.39, 0.29) is 18.4 Å². The molecule has 1 N–H and O–H groups in total. The Balaban J connectivity index is 1.47. The molecule has 2 aromatic carbocycles. The van der Waals surface area contributed by atoms with Crippen molar-refractivity contribution in [1.29, 1.82) is 0 Å². The van der Waals surface area contributed by atoms with Gasteiger partial charge in [-0.15, -0.1) is 11.3 Å². The molecule has 6 nitrogen and oxygen atoms in total. The second-order valence-corrected chi connectivity index (χ2v) is 10.4. The molecule has 2 amide bonds. The molecule has 35 heavy (non-hydrogen) atoms. The summed E-state index contributed by atoms with van der Waals surface area (Å²) in [5, 5.41) is 6.32. The van der Waals surface area contributed by atoms with Gasteiger partial charge in [-0.05, 0) is 60.1 Å². The highest BCUT2D eigenvalue weighted by Crippen LogP contribution is 2.31. The molecule has 0 unspecified atom stereocenters. The quantitative estimate of drug-likeness (QED) is 0.252. The summed E-state index contributed by atoms with van der Waals surface area (Å²) in [6, 6.07) is 19.2. The molecule has 9 heteroatoms. The van der Waals surface area contributed by atoms with E-state index < -0.39 is 0 Å². The van der Waals surface area contributed by atoms with E-state index in [1.54, 1.807) is 23.3 Å². The average molecular weight is 566 g/mol. The summed E-state index contributed by atoms with van der Waals surface area (Å²) < 4.78 is 2.82. The number of nitrogens with one attached hydrogen (secondary N) is 1. The summed E-state index contributed by atoms with van der Waals surface area (Å²) in [6.45, 7) is 0.676. The second-order valence-electron chi connectivity index (χ2n) is 8.08. The number of para-hydroxylation sites is 1. The molecule has 1 aliphatic rings. The molecule has 0 saturated carbocycles. The molecular formula is C26H21BrN4O2S2. The van der Waals surface area contributed by atoms with Gasteiger partial charge in [-0.3, -0.25) is 14.5 Å². The van der Waals surface area contributed by atoms with Crippen LogP contribution in [0.2, 0.25) is 0 Å². The number of rotatable bonds is 6. The fourth-order valence-electron chi connectivity index (χ4n) is 4.06. The number of nitrogens with zero attached hydrogens (tertiary/aromatic N) is 3. The number of thiocarbonyl (C=S) groups is 1. The van der Waals surface area contributed by atoms with Crippen LogP contribution in [0, 0.1) is 0 Å². The maximum atomic E-state index is 13.4. The largest absolute Gasteiger partial charge is 0.350 e. The highest BCUT2D eigenvalue weighted by Gasteiger charge is 2.36. The van der Waals surface area contributed by atoms with Crippen molar-refractivity contribution in [3.63, 3.8) is 0 Å². The van der Waals surface area contributed by atoms with E-state index in [0.29, 0.717) is 17.4 Å². The predicted molar refractivity (Wildman–Crippen MR) is 148 cm³/mol. The number of aromatic nitrogens is 1. The van der Waals surface area contributed by atoms with Gasteiger partial charge in [-0.1, -0.05) is 40.2 Å². The number of anilines is 1. The molecule has 176 valence electrons.